The molecule has 0 bridgehead atoms. The fourth-order valence-electron chi connectivity index (χ4n) is 2.10. The molecule has 1 aromatic heterocycles. The molecular formula is C14H16BrNO4. The average Bonchev–Trinajstić information content (AvgIpc) is 2.75. The smallest absolute Gasteiger partial charge is 0.290 e. The van der Waals surface area contributed by atoms with Crippen molar-refractivity contribution in [1.29, 1.82) is 0 Å². The minimum Gasteiger partial charge on any atom is -0.451 e. The summed E-state index contributed by atoms with van der Waals surface area (Å²) in [5.41, 5.74) is 1.40. The van der Waals surface area contributed by atoms with Crippen molar-refractivity contribution in [3.05, 3.63) is 34.0 Å². The average molecular weight is 342 g/mol. The van der Waals surface area contributed by atoms with Crippen molar-refractivity contribution in [3.8, 4) is 0 Å². The summed E-state index contributed by atoms with van der Waals surface area (Å²) < 4.78 is 6.53. The van der Waals surface area contributed by atoms with Crippen LogP contribution in [0.4, 0.5) is 0 Å². The highest BCUT2D eigenvalue weighted by Crippen LogP contribution is 2.28. The summed E-state index contributed by atoms with van der Waals surface area (Å²) in [5, 5.41) is 18.9. The second-order valence-electron chi connectivity index (χ2n) is 4.44. The minimum atomic E-state index is -0.321. The fourth-order valence-corrected chi connectivity index (χ4v) is 2.46. The first-order valence-electron chi connectivity index (χ1n) is 6.28. The van der Waals surface area contributed by atoms with Crippen LogP contribution in [-0.2, 0) is 0 Å². The second kappa shape index (κ2) is 6.39. The molecule has 20 heavy (non-hydrogen) atoms. The second-order valence-corrected chi connectivity index (χ2v) is 5.35. The van der Waals surface area contributed by atoms with Gasteiger partial charge in [-0.05, 0) is 25.1 Å². The Kier molecular flexibility index (Phi) is 4.80. The van der Waals surface area contributed by atoms with Gasteiger partial charge in [0.1, 0.15) is 5.58 Å². The molecule has 108 valence electrons. The topological polar surface area (TPSA) is 73.9 Å². The van der Waals surface area contributed by atoms with Crippen molar-refractivity contribution in [2.45, 2.75) is 6.92 Å². The molecule has 0 fully saturated rings. The largest absolute Gasteiger partial charge is 0.451 e. The Hall–Kier alpha value is -1.37. The van der Waals surface area contributed by atoms with Crippen LogP contribution in [0.5, 0.6) is 0 Å². The molecule has 2 aromatic rings. The molecule has 0 atom stereocenters. The van der Waals surface area contributed by atoms with Crippen molar-refractivity contribution >= 4 is 32.8 Å². The van der Waals surface area contributed by atoms with E-state index < -0.39 is 0 Å². The fraction of sp³-hybridized carbons (Fsp3) is 0.357. The van der Waals surface area contributed by atoms with Gasteiger partial charge >= 0.3 is 0 Å². The third kappa shape index (κ3) is 2.87. The lowest BCUT2D eigenvalue weighted by Crippen LogP contribution is -2.35. The van der Waals surface area contributed by atoms with Crippen molar-refractivity contribution < 1.29 is 19.4 Å². The van der Waals surface area contributed by atoms with Crippen LogP contribution in [-0.4, -0.2) is 47.3 Å². The van der Waals surface area contributed by atoms with Gasteiger partial charge in [0.15, 0.2) is 5.76 Å². The van der Waals surface area contributed by atoms with Crippen LogP contribution in [0.3, 0.4) is 0 Å². The molecule has 0 aliphatic heterocycles. The zero-order valence-electron chi connectivity index (χ0n) is 11.1. The summed E-state index contributed by atoms with van der Waals surface area (Å²) in [5.74, 6) is -0.0714. The van der Waals surface area contributed by atoms with Crippen molar-refractivity contribution in [3.63, 3.8) is 0 Å². The third-order valence-corrected chi connectivity index (χ3v) is 3.61. The monoisotopic (exact) mass is 341 g/mol. The number of halogens is 1. The molecule has 6 heteroatoms. The third-order valence-electron chi connectivity index (χ3n) is 3.12. The number of aliphatic hydroxyl groups is 2. The van der Waals surface area contributed by atoms with E-state index in [1.165, 1.54) is 4.90 Å². The van der Waals surface area contributed by atoms with E-state index in [2.05, 4.69) is 15.9 Å². The number of carbonyl (C=O) groups is 1. The first-order chi connectivity index (χ1) is 9.58. The lowest BCUT2D eigenvalue weighted by molar-refractivity contribution is 0.0655. The SMILES string of the molecule is Cc1c(C(=O)N(CCO)CCO)oc2ccc(Br)cc12. The Morgan fingerprint density at radius 3 is 2.55 bits per heavy atom. The van der Waals surface area contributed by atoms with Crippen LogP contribution in [0.25, 0.3) is 11.0 Å². The van der Waals surface area contributed by atoms with Gasteiger partial charge in [-0.25, -0.2) is 0 Å². The lowest BCUT2D eigenvalue weighted by atomic mass is 10.1. The maximum absolute atomic E-state index is 12.4. The van der Waals surface area contributed by atoms with Gasteiger partial charge < -0.3 is 19.5 Å². The number of amides is 1. The molecule has 2 rings (SSSR count). The Morgan fingerprint density at radius 1 is 1.30 bits per heavy atom. The zero-order valence-corrected chi connectivity index (χ0v) is 12.7. The number of hydrogen-bond donors (Lipinski definition) is 2. The summed E-state index contributed by atoms with van der Waals surface area (Å²) >= 11 is 3.39. The number of nitrogens with zero attached hydrogens (tertiary/aromatic N) is 1. The summed E-state index contributed by atoms with van der Waals surface area (Å²) in [4.78, 5) is 13.8. The molecule has 0 spiro atoms. The van der Waals surface area contributed by atoms with Crippen LogP contribution in [0.2, 0.25) is 0 Å². The summed E-state index contributed by atoms with van der Waals surface area (Å²) in [7, 11) is 0. The molecule has 0 aliphatic carbocycles. The number of benzene rings is 1. The van der Waals surface area contributed by atoms with E-state index in [1.807, 2.05) is 19.1 Å². The van der Waals surface area contributed by atoms with Crippen LogP contribution >= 0.6 is 15.9 Å². The quantitative estimate of drug-likeness (QED) is 0.871. The van der Waals surface area contributed by atoms with Crippen LogP contribution in [0.1, 0.15) is 16.1 Å². The molecular weight excluding hydrogens is 326 g/mol. The zero-order chi connectivity index (χ0) is 14.7. The molecule has 5 nitrogen and oxygen atoms in total. The van der Waals surface area contributed by atoms with E-state index in [-0.39, 0.29) is 38.0 Å². The Bertz CT molecular complexity index is 617. The van der Waals surface area contributed by atoms with Crippen LogP contribution < -0.4 is 0 Å². The number of carbonyl (C=O) groups excluding carboxylic acids is 1. The van der Waals surface area contributed by atoms with Gasteiger partial charge in [0, 0.05) is 28.5 Å². The Labute approximate surface area is 124 Å². The Morgan fingerprint density at radius 2 is 1.95 bits per heavy atom. The van der Waals surface area contributed by atoms with Gasteiger partial charge in [-0.3, -0.25) is 4.79 Å². The highest BCUT2D eigenvalue weighted by Gasteiger charge is 2.22. The van der Waals surface area contributed by atoms with E-state index in [0.717, 1.165) is 15.4 Å². The van der Waals surface area contributed by atoms with E-state index in [1.54, 1.807) is 6.07 Å². The number of aliphatic hydroxyl groups excluding tert-OH is 2. The molecule has 0 saturated heterocycles. The summed E-state index contributed by atoms with van der Waals surface area (Å²) in [6.45, 7) is 1.84. The van der Waals surface area contributed by atoms with E-state index in [0.29, 0.717) is 5.58 Å². The maximum atomic E-state index is 12.4. The Balaban J connectivity index is 2.40. The van der Waals surface area contributed by atoms with Gasteiger partial charge in [0.05, 0.1) is 13.2 Å². The van der Waals surface area contributed by atoms with Crippen molar-refractivity contribution in [2.24, 2.45) is 0 Å². The first kappa shape index (κ1) is 15.0. The molecule has 1 aromatic carbocycles. The number of fused-ring (bicyclic) bond motifs is 1. The lowest BCUT2D eigenvalue weighted by Gasteiger charge is -2.19. The van der Waals surface area contributed by atoms with Crippen molar-refractivity contribution in [2.75, 3.05) is 26.3 Å². The number of aryl methyl sites for hydroxylation is 1. The first-order valence-corrected chi connectivity index (χ1v) is 7.07. The van der Waals surface area contributed by atoms with Gasteiger partial charge in [-0.2, -0.15) is 0 Å². The summed E-state index contributed by atoms with van der Waals surface area (Å²) in [6, 6.07) is 5.54. The van der Waals surface area contributed by atoms with Crippen LogP contribution in [0.15, 0.2) is 27.1 Å². The predicted octanol–water partition coefficient (Wildman–Crippen LogP) is 1.93. The number of furan rings is 1. The van der Waals surface area contributed by atoms with E-state index in [4.69, 9.17) is 14.6 Å². The number of rotatable bonds is 5. The predicted molar refractivity (Wildman–Crippen MR) is 78.7 cm³/mol. The molecule has 1 amide bonds. The van der Waals surface area contributed by atoms with E-state index in [9.17, 15) is 4.79 Å². The molecule has 1 heterocycles. The van der Waals surface area contributed by atoms with Gasteiger partial charge in [0.25, 0.3) is 5.91 Å². The highest BCUT2D eigenvalue weighted by atomic mass is 79.9. The standard InChI is InChI=1S/C14H16BrNO4/c1-9-11-8-10(15)2-3-12(11)20-13(9)14(19)16(4-6-17)5-7-18/h2-3,8,17-18H,4-7H2,1H3. The van der Waals surface area contributed by atoms with E-state index >= 15 is 0 Å². The molecule has 2 N–H and O–H groups in total. The van der Waals surface area contributed by atoms with Crippen LogP contribution in [0, 0.1) is 6.92 Å². The molecule has 0 radical (unpaired) electrons. The minimum absolute atomic E-state index is 0.156. The summed E-state index contributed by atoms with van der Waals surface area (Å²) in [6.07, 6.45) is 0. The van der Waals surface area contributed by atoms with Gasteiger partial charge in [-0.15, -0.1) is 0 Å². The molecule has 0 unspecified atom stereocenters. The maximum Gasteiger partial charge on any atom is 0.290 e. The van der Waals surface area contributed by atoms with Crippen molar-refractivity contribution in [1.82, 2.24) is 4.90 Å². The number of hydrogen-bond acceptors (Lipinski definition) is 4. The highest BCUT2D eigenvalue weighted by molar-refractivity contribution is 9.10. The molecule has 0 aliphatic rings. The normalized spacial score (nSPS) is 11.0. The van der Waals surface area contributed by atoms with Gasteiger partial charge in [-0.1, -0.05) is 15.9 Å². The van der Waals surface area contributed by atoms with Gasteiger partial charge in [0.2, 0.25) is 0 Å². The molecule has 0 saturated carbocycles.